The van der Waals surface area contributed by atoms with Crippen molar-refractivity contribution in [3.8, 4) is 0 Å². The first-order valence-corrected chi connectivity index (χ1v) is 8.23. The molecule has 1 atom stereocenters. The molecule has 0 bridgehead atoms. The van der Waals surface area contributed by atoms with Crippen LogP contribution in [0.2, 0.25) is 0 Å². The number of hydrogen-bond acceptors (Lipinski definition) is 6. The molecule has 25 heavy (non-hydrogen) atoms. The Labute approximate surface area is 151 Å². The Hall–Kier alpha value is -2.19. The van der Waals surface area contributed by atoms with E-state index in [0.717, 1.165) is 37.6 Å². The molecule has 0 saturated carbocycles. The smallest absolute Gasteiger partial charge is 0.256 e. The number of nitrogens with zero attached hydrogens (tertiary/aromatic N) is 3. The van der Waals surface area contributed by atoms with Crippen LogP contribution in [0.25, 0.3) is 0 Å². The Morgan fingerprint density at radius 2 is 1.92 bits per heavy atom. The van der Waals surface area contributed by atoms with Crippen molar-refractivity contribution in [1.29, 1.82) is 0 Å². The minimum Gasteiger partial charge on any atom is -0.354 e. The second-order valence-electron chi connectivity index (χ2n) is 6.34. The molecule has 0 spiro atoms. The van der Waals surface area contributed by atoms with E-state index < -0.39 is 6.04 Å². The molecule has 9 heteroatoms. The average molecular weight is 366 g/mol. The lowest BCUT2D eigenvalue weighted by Crippen LogP contribution is -2.52. The van der Waals surface area contributed by atoms with Crippen LogP contribution in [0, 0.1) is 0 Å². The van der Waals surface area contributed by atoms with Gasteiger partial charge in [-0.3, -0.25) is 19.7 Å². The molecule has 1 aromatic heterocycles. The van der Waals surface area contributed by atoms with Crippen molar-refractivity contribution in [3.05, 3.63) is 23.4 Å². The van der Waals surface area contributed by atoms with E-state index in [1.807, 2.05) is 6.07 Å². The molecule has 1 aromatic rings. The van der Waals surface area contributed by atoms with Crippen molar-refractivity contribution >= 4 is 35.9 Å². The minimum atomic E-state index is -0.578. The quantitative estimate of drug-likeness (QED) is 0.697. The maximum atomic E-state index is 12.6. The van der Waals surface area contributed by atoms with E-state index in [0.29, 0.717) is 18.5 Å². The third-order valence-electron chi connectivity index (χ3n) is 4.83. The maximum Gasteiger partial charge on any atom is 0.256 e. The highest BCUT2D eigenvalue weighted by atomic mass is 35.5. The van der Waals surface area contributed by atoms with Gasteiger partial charge in [0.05, 0.1) is 5.56 Å². The van der Waals surface area contributed by atoms with Crippen molar-refractivity contribution in [1.82, 2.24) is 20.5 Å². The van der Waals surface area contributed by atoms with Crippen LogP contribution in [0.5, 0.6) is 0 Å². The van der Waals surface area contributed by atoms with E-state index in [-0.39, 0.29) is 36.5 Å². The fourth-order valence-electron chi connectivity index (χ4n) is 3.52. The highest BCUT2D eigenvalue weighted by Crippen LogP contribution is 2.29. The highest BCUT2D eigenvalue weighted by molar-refractivity contribution is 6.05. The topological polar surface area (TPSA) is 94.6 Å². The Kier molecular flexibility index (Phi) is 4.91. The normalized spacial score (nSPS) is 23.2. The molecule has 0 aromatic carbocycles. The zero-order chi connectivity index (χ0) is 16.7. The van der Waals surface area contributed by atoms with Crippen LogP contribution < -0.4 is 15.5 Å². The Balaban J connectivity index is 0.00000182. The standard InChI is InChI=1S/C16H19N5O3.ClH/c22-14-2-1-12(15(23)19-14)21-9-10-7-13(18-8-11(10)16(21)24)20-5-3-17-4-6-20;/h7-8,12,17H,1-6,9H2,(H,19,22,23);1H. The fourth-order valence-corrected chi connectivity index (χ4v) is 3.52. The summed E-state index contributed by atoms with van der Waals surface area (Å²) in [5.74, 6) is 0.0257. The molecule has 2 saturated heterocycles. The number of amides is 3. The largest absolute Gasteiger partial charge is 0.354 e. The zero-order valence-electron chi connectivity index (χ0n) is 13.7. The SMILES string of the molecule is Cl.O=C1CCC(N2Cc3cc(N4CCNCC4)ncc3C2=O)C(=O)N1. The summed E-state index contributed by atoms with van der Waals surface area (Å²) < 4.78 is 0. The monoisotopic (exact) mass is 365 g/mol. The summed E-state index contributed by atoms with van der Waals surface area (Å²) in [6, 6.07) is 1.37. The molecule has 8 nitrogen and oxygen atoms in total. The summed E-state index contributed by atoms with van der Waals surface area (Å²) in [5, 5.41) is 5.61. The van der Waals surface area contributed by atoms with Crippen LogP contribution >= 0.6 is 12.4 Å². The number of piperazine rings is 1. The molecule has 134 valence electrons. The van der Waals surface area contributed by atoms with Gasteiger partial charge in [-0.1, -0.05) is 0 Å². The number of imide groups is 1. The van der Waals surface area contributed by atoms with Crippen molar-refractivity contribution in [2.24, 2.45) is 0 Å². The number of halogens is 1. The molecule has 1 unspecified atom stereocenters. The molecule has 0 radical (unpaired) electrons. The van der Waals surface area contributed by atoms with Gasteiger partial charge in [0, 0.05) is 45.3 Å². The van der Waals surface area contributed by atoms with E-state index in [4.69, 9.17) is 0 Å². The van der Waals surface area contributed by atoms with Crippen molar-refractivity contribution < 1.29 is 14.4 Å². The summed E-state index contributed by atoms with van der Waals surface area (Å²) in [6.07, 6.45) is 2.25. The number of carbonyl (C=O) groups is 3. The molecule has 2 N–H and O–H groups in total. The number of rotatable bonds is 2. The summed E-state index contributed by atoms with van der Waals surface area (Å²) in [5.41, 5.74) is 1.45. The first-order valence-electron chi connectivity index (χ1n) is 8.23. The number of nitrogens with one attached hydrogen (secondary N) is 2. The molecule has 3 aliphatic heterocycles. The number of pyridine rings is 1. The summed E-state index contributed by atoms with van der Waals surface area (Å²) in [4.78, 5) is 44.1. The van der Waals surface area contributed by atoms with Crippen LogP contribution in [0.3, 0.4) is 0 Å². The molecule has 4 heterocycles. The third-order valence-corrected chi connectivity index (χ3v) is 4.83. The lowest BCUT2D eigenvalue weighted by molar-refractivity contribution is -0.136. The number of carbonyl (C=O) groups excluding carboxylic acids is 3. The second kappa shape index (κ2) is 6.97. The van der Waals surface area contributed by atoms with Gasteiger partial charge >= 0.3 is 0 Å². The van der Waals surface area contributed by atoms with Crippen molar-refractivity contribution in [2.75, 3.05) is 31.1 Å². The lowest BCUT2D eigenvalue weighted by Gasteiger charge is -2.29. The van der Waals surface area contributed by atoms with Crippen molar-refractivity contribution in [2.45, 2.75) is 25.4 Å². The van der Waals surface area contributed by atoms with Crippen LogP contribution in [0.1, 0.15) is 28.8 Å². The van der Waals surface area contributed by atoms with E-state index in [9.17, 15) is 14.4 Å². The minimum absolute atomic E-state index is 0. The van der Waals surface area contributed by atoms with Gasteiger partial charge < -0.3 is 15.1 Å². The first-order chi connectivity index (χ1) is 11.6. The van der Waals surface area contributed by atoms with E-state index in [1.54, 1.807) is 11.1 Å². The van der Waals surface area contributed by atoms with Gasteiger partial charge in [-0.05, 0) is 18.1 Å². The van der Waals surface area contributed by atoms with Crippen LogP contribution in [-0.2, 0) is 16.1 Å². The van der Waals surface area contributed by atoms with E-state index in [1.165, 1.54) is 0 Å². The molecule has 0 aliphatic carbocycles. The van der Waals surface area contributed by atoms with Gasteiger partial charge in [-0.2, -0.15) is 0 Å². The predicted octanol–water partition coefficient (Wildman–Crippen LogP) is -0.326. The van der Waals surface area contributed by atoms with E-state index in [2.05, 4.69) is 20.5 Å². The molecule has 3 aliphatic rings. The van der Waals surface area contributed by atoms with Crippen LogP contribution in [0.4, 0.5) is 5.82 Å². The van der Waals surface area contributed by atoms with Crippen LogP contribution in [0.15, 0.2) is 12.3 Å². The third kappa shape index (κ3) is 3.19. The number of hydrogen-bond donors (Lipinski definition) is 2. The van der Waals surface area contributed by atoms with Gasteiger partial charge in [-0.15, -0.1) is 12.4 Å². The number of fused-ring (bicyclic) bond motifs is 1. The second-order valence-corrected chi connectivity index (χ2v) is 6.34. The maximum absolute atomic E-state index is 12.6. The predicted molar refractivity (Wildman–Crippen MR) is 92.6 cm³/mol. The molecule has 4 rings (SSSR count). The van der Waals surface area contributed by atoms with Crippen LogP contribution in [-0.4, -0.2) is 59.8 Å². The molecule has 2 fully saturated rings. The van der Waals surface area contributed by atoms with Gasteiger partial charge in [-0.25, -0.2) is 4.98 Å². The number of anilines is 1. The summed E-state index contributed by atoms with van der Waals surface area (Å²) in [6.45, 7) is 4.00. The fraction of sp³-hybridized carbons (Fsp3) is 0.500. The Bertz CT molecular complexity index is 720. The van der Waals surface area contributed by atoms with E-state index >= 15 is 0 Å². The van der Waals surface area contributed by atoms with Gasteiger partial charge in [0.15, 0.2) is 0 Å². The summed E-state index contributed by atoms with van der Waals surface area (Å²) in [7, 11) is 0. The highest BCUT2D eigenvalue weighted by Gasteiger charge is 2.39. The molecular formula is C16H20ClN5O3. The number of aromatic nitrogens is 1. The first kappa shape index (κ1) is 17.6. The molecule has 3 amide bonds. The average Bonchev–Trinajstić information content (AvgIpc) is 2.92. The molecular weight excluding hydrogens is 346 g/mol. The van der Waals surface area contributed by atoms with Gasteiger partial charge in [0.25, 0.3) is 5.91 Å². The Morgan fingerprint density at radius 3 is 2.64 bits per heavy atom. The van der Waals surface area contributed by atoms with Gasteiger partial charge in [0.1, 0.15) is 11.9 Å². The Morgan fingerprint density at radius 1 is 1.16 bits per heavy atom. The van der Waals surface area contributed by atoms with Crippen molar-refractivity contribution in [3.63, 3.8) is 0 Å². The van der Waals surface area contributed by atoms with Gasteiger partial charge in [0.2, 0.25) is 11.8 Å². The summed E-state index contributed by atoms with van der Waals surface area (Å²) >= 11 is 0. The number of piperidine rings is 1. The lowest BCUT2D eigenvalue weighted by atomic mass is 10.0. The zero-order valence-corrected chi connectivity index (χ0v) is 14.5.